The van der Waals surface area contributed by atoms with Crippen LogP contribution in [-0.2, 0) is 6.54 Å². The highest BCUT2D eigenvalue weighted by Crippen LogP contribution is 2.16. The fraction of sp³-hybridized carbons (Fsp3) is 0.273. The molecule has 0 radical (unpaired) electrons. The molecule has 0 saturated heterocycles. The maximum Gasteiger partial charge on any atom is 0.213 e. The minimum atomic E-state index is 0.545. The first-order valence-corrected chi connectivity index (χ1v) is 5.24. The lowest BCUT2D eigenvalue weighted by Crippen LogP contribution is -2.02. The summed E-state index contributed by atoms with van der Waals surface area (Å²) < 4.78 is 5.05. The maximum atomic E-state index is 5.74. The molecule has 2 aromatic heterocycles. The van der Waals surface area contributed by atoms with Crippen LogP contribution in [0.1, 0.15) is 11.4 Å². The first-order valence-electron chi connectivity index (χ1n) is 5.24. The van der Waals surface area contributed by atoms with Crippen molar-refractivity contribution in [2.45, 2.75) is 13.5 Å². The number of imidazole rings is 1. The number of nitrogens with one attached hydrogen (secondary N) is 2. The topological polar surface area (TPSA) is 88.8 Å². The molecule has 0 unspecified atom stereocenters. The van der Waals surface area contributed by atoms with Crippen molar-refractivity contribution in [2.75, 3.05) is 18.2 Å². The Bertz CT molecular complexity index is 508. The number of nitrogens with zero attached hydrogens (tertiary/aromatic N) is 2. The number of nitrogens with two attached hydrogens (primary N) is 1. The number of methoxy groups -OCH3 is 1. The molecule has 6 nitrogen and oxygen atoms in total. The van der Waals surface area contributed by atoms with Gasteiger partial charge in [-0.2, -0.15) is 0 Å². The van der Waals surface area contributed by atoms with Gasteiger partial charge in [0.2, 0.25) is 5.88 Å². The van der Waals surface area contributed by atoms with E-state index in [0.717, 1.165) is 11.4 Å². The summed E-state index contributed by atoms with van der Waals surface area (Å²) in [6.07, 6.45) is 1.70. The van der Waals surface area contributed by atoms with Crippen molar-refractivity contribution in [3.63, 3.8) is 0 Å². The Balaban J connectivity index is 2.04. The molecular formula is C11H15N5O. The Kier molecular flexibility index (Phi) is 3.13. The predicted octanol–water partition coefficient (Wildman–Crippen LogP) is 1.32. The van der Waals surface area contributed by atoms with Crippen LogP contribution in [0, 0.1) is 6.92 Å². The minimum absolute atomic E-state index is 0.545. The van der Waals surface area contributed by atoms with Gasteiger partial charge in [-0.3, -0.25) is 0 Å². The van der Waals surface area contributed by atoms with Gasteiger partial charge >= 0.3 is 0 Å². The predicted molar refractivity (Wildman–Crippen MR) is 65.9 cm³/mol. The molecular weight excluding hydrogens is 218 g/mol. The smallest absolute Gasteiger partial charge is 0.213 e. The van der Waals surface area contributed by atoms with Crippen LogP contribution in [-0.4, -0.2) is 22.1 Å². The molecule has 4 N–H and O–H groups in total. The number of aromatic amines is 1. The number of nitrogen functional groups attached to an aromatic ring is 1. The van der Waals surface area contributed by atoms with Crippen LogP contribution in [0.4, 0.5) is 11.6 Å². The van der Waals surface area contributed by atoms with Gasteiger partial charge in [0.25, 0.3) is 0 Å². The molecule has 2 aromatic rings. The molecule has 0 amide bonds. The molecule has 0 aliphatic rings. The molecule has 0 fully saturated rings. The normalized spacial score (nSPS) is 10.2. The molecule has 6 heteroatoms. The van der Waals surface area contributed by atoms with E-state index >= 15 is 0 Å². The minimum Gasteiger partial charge on any atom is -0.481 e. The van der Waals surface area contributed by atoms with E-state index in [4.69, 9.17) is 10.5 Å². The number of aromatic nitrogens is 3. The molecule has 0 aromatic carbocycles. The van der Waals surface area contributed by atoms with E-state index in [9.17, 15) is 0 Å². The molecule has 0 aliphatic heterocycles. The lowest BCUT2D eigenvalue weighted by molar-refractivity contribution is 0.397. The van der Waals surface area contributed by atoms with E-state index in [2.05, 4.69) is 20.3 Å². The van der Waals surface area contributed by atoms with Crippen molar-refractivity contribution in [1.82, 2.24) is 15.0 Å². The molecule has 0 spiro atoms. The largest absolute Gasteiger partial charge is 0.481 e. The summed E-state index contributed by atoms with van der Waals surface area (Å²) in [5.74, 6) is 2.59. The molecule has 0 bridgehead atoms. The third-order valence-electron chi connectivity index (χ3n) is 2.32. The lowest BCUT2D eigenvalue weighted by atomic mass is 10.2. The number of hydrogen-bond donors (Lipinski definition) is 3. The fourth-order valence-corrected chi connectivity index (χ4v) is 1.50. The Morgan fingerprint density at radius 3 is 3.00 bits per heavy atom. The number of pyridine rings is 1. The van der Waals surface area contributed by atoms with Crippen molar-refractivity contribution in [3.8, 4) is 5.88 Å². The first kappa shape index (κ1) is 11.3. The van der Waals surface area contributed by atoms with E-state index in [1.807, 2.05) is 19.1 Å². The van der Waals surface area contributed by atoms with Gasteiger partial charge in [0.15, 0.2) is 5.82 Å². The molecule has 17 heavy (non-hydrogen) atoms. The maximum absolute atomic E-state index is 5.74. The lowest BCUT2D eigenvalue weighted by Gasteiger charge is -2.05. The van der Waals surface area contributed by atoms with Crippen LogP contribution >= 0.6 is 0 Å². The number of hydrogen-bond acceptors (Lipinski definition) is 5. The van der Waals surface area contributed by atoms with E-state index in [0.29, 0.717) is 24.1 Å². The SMILES string of the molecule is COc1cc(CNc2nc(C)[nH]c2N)ccn1. The Morgan fingerprint density at radius 2 is 2.35 bits per heavy atom. The van der Waals surface area contributed by atoms with Gasteiger partial charge in [0.1, 0.15) is 11.6 Å². The van der Waals surface area contributed by atoms with Crippen molar-refractivity contribution in [2.24, 2.45) is 0 Å². The second-order valence-corrected chi connectivity index (χ2v) is 3.64. The second-order valence-electron chi connectivity index (χ2n) is 3.64. The highest BCUT2D eigenvalue weighted by atomic mass is 16.5. The number of ether oxygens (including phenoxy) is 1. The fourth-order valence-electron chi connectivity index (χ4n) is 1.50. The molecule has 90 valence electrons. The van der Waals surface area contributed by atoms with Gasteiger partial charge in [0.05, 0.1) is 7.11 Å². The van der Waals surface area contributed by atoms with Gasteiger partial charge in [-0.25, -0.2) is 9.97 Å². The summed E-state index contributed by atoms with van der Waals surface area (Å²) in [6.45, 7) is 2.48. The summed E-state index contributed by atoms with van der Waals surface area (Å²) in [5, 5.41) is 3.15. The van der Waals surface area contributed by atoms with Gasteiger partial charge in [-0.05, 0) is 18.6 Å². The molecule has 0 atom stereocenters. The first-order chi connectivity index (χ1) is 8.19. The number of anilines is 2. The van der Waals surface area contributed by atoms with Crippen LogP contribution in [0.5, 0.6) is 5.88 Å². The molecule has 2 heterocycles. The van der Waals surface area contributed by atoms with Crippen LogP contribution < -0.4 is 15.8 Å². The highest BCUT2D eigenvalue weighted by Gasteiger charge is 2.04. The van der Waals surface area contributed by atoms with Gasteiger partial charge in [-0.15, -0.1) is 0 Å². The zero-order valence-corrected chi connectivity index (χ0v) is 9.82. The van der Waals surface area contributed by atoms with E-state index in [1.54, 1.807) is 13.3 Å². The average molecular weight is 233 g/mol. The van der Waals surface area contributed by atoms with Gasteiger partial charge in [-0.1, -0.05) is 0 Å². The third kappa shape index (κ3) is 2.66. The van der Waals surface area contributed by atoms with Crippen LogP contribution in [0.2, 0.25) is 0 Å². The zero-order chi connectivity index (χ0) is 12.3. The number of H-pyrrole nitrogens is 1. The number of rotatable bonds is 4. The van der Waals surface area contributed by atoms with E-state index in [1.165, 1.54) is 0 Å². The van der Waals surface area contributed by atoms with Crippen LogP contribution in [0.3, 0.4) is 0 Å². The Hall–Kier alpha value is -2.24. The average Bonchev–Trinajstić information content (AvgIpc) is 2.65. The van der Waals surface area contributed by atoms with Gasteiger partial charge < -0.3 is 20.8 Å². The van der Waals surface area contributed by atoms with Crippen LogP contribution in [0.15, 0.2) is 18.3 Å². The van der Waals surface area contributed by atoms with Crippen molar-refractivity contribution < 1.29 is 4.74 Å². The van der Waals surface area contributed by atoms with E-state index in [-0.39, 0.29) is 0 Å². The second kappa shape index (κ2) is 4.73. The molecule has 0 aliphatic carbocycles. The summed E-state index contributed by atoms with van der Waals surface area (Å²) in [4.78, 5) is 11.2. The highest BCUT2D eigenvalue weighted by molar-refractivity contribution is 5.57. The molecule has 2 rings (SSSR count). The Morgan fingerprint density at radius 1 is 1.53 bits per heavy atom. The standard InChI is InChI=1S/C11H15N5O/c1-7-15-10(12)11(16-7)14-6-8-3-4-13-9(5-8)17-2/h3-5,14H,6,12H2,1-2H3,(H,15,16). The summed E-state index contributed by atoms with van der Waals surface area (Å²) in [7, 11) is 1.59. The van der Waals surface area contributed by atoms with Gasteiger partial charge in [0, 0.05) is 18.8 Å². The Labute approximate surface area is 99.2 Å². The third-order valence-corrected chi connectivity index (χ3v) is 2.32. The van der Waals surface area contributed by atoms with Crippen LogP contribution in [0.25, 0.3) is 0 Å². The number of aryl methyl sites for hydroxylation is 1. The summed E-state index contributed by atoms with van der Waals surface area (Å²) >= 11 is 0. The summed E-state index contributed by atoms with van der Waals surface area (Å²) in [6, 6.07) is 3.77. The zero-order valence-electron chi connectivity index (χ0n) is 9.82. The monoisotopic (exact) mass is 233 g/mol. The quantitative estimate of drug-likeness (QED) is 0.741. The van der Waals surface area contributed by atoms with E-state index < -0.39 is 0 Å². The summed E-state index contributed by atoms with van der Waals surface area (Å²) in [5.41, 5.74) is 6.80. The van der Waals surface area contributed by atoms with Crippen molar-refractivity contribution >= 4 is 11.6 Å². The van der Waals surface area contributed by atoms with Crippen molar-refractivity contribution in [1.29, 1.82) is 0 Å². The van der Waals surface area contributed by atoms with Crippen molar-refractivity contribution in [3.05, 3.63) is 29.7 Å². The molecule has 0 saturated carbocycles.